The van der Waals surface area contributed by atoms with Gasteiger partial charge in [0.2, 0.25) is 0 Å². The Labute approximate surface area is 208 Å². The van der Waals surface area contributed by atoms with Crippen molar-refractivity contribution >= 4 is 0 Å². The van der Waals surface area contributed by atoms with E-state index in [2.05, 4.69) is 55.4 Å². The van der Waals surface area contributed by atoms with E-state index in [0.717, 1.165) is 0 Å². The molecule has 0 aliphatic rings. The predicted molar refractivity (Wildman–Crippen MR) is 158 cm³/mol. The Hall–Kier alpha value is 0.519. The van der Waals surface area contributed by atoms with Gasteiger partial charge in [-0.15, -0.1) is 0 Å². The summed E-state index contributed by atoms with van der Waals surface area (Å²) in [7, 11) is -3.96. The molecule has 208 valence electrons. The van der Waals surface area contributed by atoms with Crippen LogP contribution in [-0.4, -0.2) is 0 Å². The Morgan fingerprint density at radius 1 is 0.242 bits per heavy atom. The molecular weight excluding hydrogens is 440 g/mol. The first-order valence-electron chi connectivity index (χ1n) is 15.7. The quantitative estimate of drug-likeness (QED) is 0.113. The van der Waals surface area contributed by atoms with Crippen molar-refractivity contribution in [2.75, 3.05) is 0 Å². The number of rotatable bonds is 24. The molecule has 0 bridgehead atoms. The minimum absolute atomic E-state index is 1.39. The zero-order chi connectivity index (χ0) is 25.3. The molecule has 0 heterocycles. The van der Waals surface area contributed by atoms with Crippen molar-refractivity contribution in [3.05, 3.63) is 0 Å². The molecule has 0 N–H and O–H groups in total. The fraction of sp³-hybridized carbons (Fsp3) is 1.00. The van der Waals surface area contributed by atoms with E-state index < -0.39 is 8.62 Å². The first-order valence-corrected chi connectivity index (χ1v) is 21.9. The number of unbranched alkanes of at least 4 members (excludes halogenated alkanes) is 8. The maximum atomic E-state index is 2.50. The molecule has 0 nitrogen and oxygen atoms in total. The summed E-state index contributed by atoms with van der Waals surface area (Å²) in [4.78, 5) is 0. The second kappa shape index (κ2) is 11.7. The molecule has 0 saturated carbocycles. The van der Waals surface area contributed by atoms with E-state index >= 15 is 0 Å². The van der Waals surface area contributed by atoms with Gasteiger partial charge in [-0.05, 0) is 0 Å². The summed E-state index contributed by atoms with van der Waals surface area (Å²) in [5.41, 5.74) is 0. The third-order valence-corrected chi connectivity index (χ3v) is 35.8. The van der Waals surface area contributed by atoms with Crippen molar-refractivity contribution in [1.29, 1.82) is 0 Å². The minimum atomic E-state index is -3.96. The fourth-order valence-electron chi connectivity index (χ4n) is 8.42. The van der Waals surface area contributed by atoms with Gasteiger partial charge in [0.25, 0.3) is 0 Å². The van der Waals surface area contributed by atoms with Gasteiger partial charge in [0, 0.05) is 0 Å². The summed E-state index contributed by atoms with van der Waals surface area (Å²) >= 11 is 0. The summed E-state index contributed by atoms with van der Waals surface area (Å²) in [6.07, 6.45) is 23.1. The summed E-state index contributed by atoms with van der Waals surface area (Å²) in [5, 5.41) is 13.2. The summed E-state index contributed by atoms with van der Waals surface area (Å²) in [6.45, 7) is 20.0. The standard InChI is InChI=1S/8C4H9.Fe/c8*1-3-4-2;/h8*1,3-4H2,2H3;. The van der Waals surface area contributed by atoms with Crippen LogP contribution in [0, 0.1) is 0 Å². The Kier molecular flexibility index (Phi) is 11.9. The Balaban J connectivity index is 8.18. The molecule has 0 fully saturated rings. The predicted octanol–water partition coefficient (Wildman–Crippen LogP) is 14.0. The van der Waals surface area contributed by atoms with Crippen LogP contribution in [0.25, 0.3) is 0 Å². The van der Waals surface area contributed by atoms with Gasteiger partial charge < -0.3 is 0 Å². The van der Waals surface area contributed by atoms with Gasteiger partial charge in [0.1, 0.15) is 0 Å². The molecule has 33 heavy (non-hydrogen) atoms. The van der Waals surface area contributed by atoms with Gasteiger partial charge in [-0.3, -0.25) is 0 Å². The van der Waals surface area contributed by atoms with E-state index in [1.807, 2.05) is 0 Å². The van der Waals surface area contributed by atoms with Crippen molar-refractivity contribution < 1.29 is 8.62 Å². The molecule has 0 saturated heterocycles. The first kappa shape index (κ1) is 33.5. The fourth-order valence-corrected chi connectivity index (χ4v) is 34.7. The molecule has 0 spiro atoms. The van der Waals surface area contributed by atoms with Crippen LogP contribution >= 0.6 is 0 Å². The van der Waals surface area contributed by atoms with Crippen molar-refractivity contribution in [1.82, 2.24) is 0 Å². The molecular formula is C32H72Fe. The molecule has 0 unspecified atom stereocenters. The van der Waals surface area contributed by atoms with E-state index in [-0.39, 0.29) is 0 Å². The van der Waals surface area contributed by atoms with Crippen LogP contribution in [0.5, 0.6) is 0 Å². The van der Waals surface area contributed by atoms with Crippen molar-refractivity contribution in [3.8, 4) is 0 Å². The van der Waals surface area contributed by atoms with E-state index in [1.165, 1.54) is 103 Å². The molecule has 0 aliphatic heterocycles. The molecule has 0 amide bonds. The molecule has 0 aromatic heterocycles. The van der Waals surface area contributed by atoms with Crippen LogP contribution in [0.4, 0.5) is 0 Å². The normalized spacial score (nSPS) is 17.2. The van der Waals surface area contributed by atoms with E-state index in [1.54, 1.807) is 42.6 Å². The van der Waals surface area contributed by atoms with Gasteiger partial charge in [0.15, 0.2) is 0 Å². The van der Waals surface area contributed by atoms with Crippen LogP contribution in [0.2, 0.25) is 42.6 Å². The maximum absolute atomic E-state index is 3.96. The molecule has 1 heteroatoms. The number of hydrogen-bond acceptors (Lipinski definition) is 0. The van der Waals surface area contributed by atoms with E-state index in [0.29, 0.717) is 0 Å². The molecule has 0 radical (unpaired) electrons. The third-order valence-electron chi connectivity index (χ3n) is 10.8. The number of hydrogen-bond donors (Lipinski definition) is 0. The van der Waals surface area contributed by atoms with Gasteiger partial charge in [0.05, 0.1) is 0 Å². The van der Waals surface area contributed by atoms with Crippen LogP contribution in [0.1, 0.15) is 158 Å². The van der Waals surface area contributed by atoms with Gasteiger partial charge in [-0.1, -0.05) is 0 Å². The molecule has 0 atom stereocenters. The summed E-state index contributed by atoms with van der Waals surface area (Å²) < 4.78 is 0. The second-order valence-electron chi connectivity index (χ2n) is 13.2. The topological polar surface area (TPSA) is 0 Å². The van der Waals surface area contributed by atoms with Crippen molar-refractivity contribution in [3.63, 3.8) is 0 Å². The van der Waals surface area contributed by atoms with Crippen LogP contribution < -0.4 is 0 Å². The summed E-state index contributed by atoms with van der Waals surface area (Å²) in [5.74, 6) is 0. The third kappa shape index (κ3) is 5.76. The molecule has 0 aromatic rings. The van der Waals surface area contributed by atoms with Crippen molar-refractivity contribution in [2.24, 2.45) is 0 Å². The Bertz CT molecular complexity index is 393. The Morgan fingerprint density at radius 2 is 0.364 bits per heavy atom. The van der Waals surface area contributed by atoms with E-state index in [9.17, 15) is 0 Å². The molecule has 0 aromatic carbocycles. The molecule has 0 rings (SSSR count). The van der Waals surface area contributed by atoms with Crippen molar-refractivity contribution in [2.45, 2.75) is 201 Å². The molecule has 0 aliphatic carbocycles. The first-order chi connectivity index (χ1) is 15.7. The SMILES string of the molecule is CCC[CH2][Fe]([CH2]CCC)([CH2]CCC)([CH2]CCC)([CH2]CCC)([CH2]CCC)([CH2]CCC)[CH2]CCC. The average Bonchev–Trinajstić information content (AvgIpc) is 2.87. The zero-order valence-electron chi connectivity index (χ0n) is 25.3. The van der Waals surface area contributed by atoms with Crippen LogP contribution in [-0.2, 0) is 8.62 Å². The zero-order valence-corrected chi connectivity index (χ0v) is 26.4. The monoisotopic (exact) mass is 512 g/mol. The second-order valence-corrected chi connectivity index (χ2v) is 33.1. The summed E-state index contributed by atoms with van der Waals surface area (Å²) in [6, 6.07) is 0. The van der Waals surface area contributed by atoms with E-state index in [4.69, 9.17) is 0 Å². The van der Waals surface area contributed by atoms with Gasteiger partial charge in [-0.25, -0.2) is 0 Å². The van der Waals surface area contributed by atoms with Gasteiger partial charge >= 0.3 is 209 Å². The van der Waals surface area contributed by atoms with Gasteiger partial charge in [-0.2, -0.15) is 0 Å². The van der Waals surface area contributed by atoms with Crippen LogP contribution in [0.15, 0.2) is 0 Å². The Morgan fingerprint density at radius 3 is 0.455 bits per heavy atom. The van der Waals surface area contributed by atoms with Crippen LogP contribution in [0.3, 0.4) is 0 Å². The average molecular weight is 513 g/mol.